The zero-order chi connectivity index (χ0) is 20.5. The van der Waals surface area contributed by atoms with E-state index in [1.165, 1.54) is 6.33 Å². The first-order chi connectivity index (χ1) is 14.7. The predicted molar refractivity (Wildman–Crippen MR) is 109 cm³/mol. The molecule has 4 aromatic rings. The van der Waals surface area contributed by atoms with Crippen molar-refractivity contribution in [2.45, 2.75) is 6.54 Å². The molecule has 9 nitrogen and oxygen atoms in total. The topological polar surface area (TPSA) is 107 Å². The van der Waals surface area contributed by atoms with Gasteiger partial charge in [0.1, 0.15) is 12.0 Å². The summed E-state index contributed by atoms with van der Waals surface area (Å²) in [5.74, 6) is 1.12. The van der Waals surface area contributed by atoms with E-state index in [1.807, 2.05) is 42.5 Å². The van der Waals surface area contributed by atoms with E-state index in [-0.39, 0.29) is 18.4 Å². The summed E-state index contributed by atoms with van der Waals surface area (Å²) in [5, 5.41) is 14.5. The van der Waals surface area contributed by atoms with E-state index in [9.17, 15) is 4.79 Å². The van der Waals surface area contributed by atoms with Gasteiger partial charge in [-0.25, -0.2) is 9.67 Å². The van der Waals surface area contributed by atoms with Crippen LogP contribution in [0.5, 0.6) is 11.5 Å². The largest absolute Gasteiger partial charge is 0.454 e. The van der Waals surface area contributed by atoms with Crippen LogP contribution in [0, 0.1) is 0 Å². The molecular weight excluding hydrogens is 408 g/mol. The number of amides is 1. The smallest absolute Gasteiger partial charge is 0.276 e. The fourth-order valence-corrected chi connectivity index (χ4v) is 3.24. The predicted octanol–water partition coefficient (Wildman–Crippen LogP) is 3.35. The molecule has 0 radical (unpaired) electrons. The molecule has 5 rings (SSSR count). The Bertz CT molecular complexity index is 1230. The first kappa shape index (κ1) is 18.2. The van der Waals surface area contributed by atoms with Crippen molar-refractivity contribution in [1.82, 2.24) is 25.0 Å². The SMILES string of the molecule is O=C(Nc1ncn(Cc2ccccc2Cl)n1)c1cc(-c2ccc3c(c2)OCO3)n[nH]1. The van der Waals surface area contributed by atoms with Gasteiger partial charge in [-0.1, -0.05) is 29.8 Å². The Hall–Kier alpha value is -3.85. The van der Waals surface area contributed by atoms with Gasteiger partial charge in [-0.2, -0.15) is 5.10 Å². The lowest BCUT2D eigenvalue weighted by Crippen LogP contribution is -2.14. The van der Waals surface area contributed by atoms with Crippen molar-refractivity contribution in [2.75, 3.05) is 12.1 Å². The summed E-state index contributed by atoms with van der Waals surface area (Å²) in [6, 6.07) is 14.6. The van der Waals surface area contributed by atoms with Crippen LogP contribution in [0.2, 0.25) is 5.02 Å². The van der Waals surface area contributed by atoms with E-state index < -0.39 is 5.91 Å². The van der Waals surface area contributed by atoms with Crippen LogP contribution in [0.4, 0.5) is 5.95 Å². The lowest BCUT2D eigenvalue weighted by molar-refractivity contribution is 0.102. The molecule has 0 atom stereocenters. The van der Waals surface area contributed by atoms with Gasteiger partial charge in [0.05, 0.1) is 12.2 Å². The van der Waals surface area contributed by atoms with Gasteiger partial charge in [0.2, 0.25) is 12.7 Å². The summed E-state index contributed by atoms with van der Waals surface area (Å²) in [7, 11) is 0. The van der Waals surface area contributed by atoms with Crippen molar-refractivity contribution in [3.63, 3.8) is 0 Å². The summed E-state index contributed by atoms with van der Waals surface area (Å²) < 4.78 is 12.3. The van der Waals surface area contributed by atoms with E-state index >= 15 is 0 Å². The highest BCUT2D eigenvalue weighted by Gasteiger charge is 2.17. The van der Waals surface area contributed by atoms with E-state index in [2.05, 4.69) is 25.6 Å². The summed E-state index contributed by atoms with van der Waals surface area (Å²) >= 11 is 6.17. The first-order valence-electron chi connectivity index (χ1n) is 9.05. The molecule has 1 amide bonds. The number of nitrogens with one attached hydrogen (secondary N) is 2. The lowest BCUT2D eigenvalue weighted by Gasteiger charge is -2.03. The average molecular weight is 423 g/mol. The third-order valence-electron chi connectivity index (χ3n) is 4.54. The number of carbonyl (C=O) groups is 1. The number of fused-ring (bicyclic) bond motifs is 1. The highest BCUT2D eigenvalue weighted by Crippen LogP contribution is 2.35. The quantitative estimate of drug-likeness (QED) is 0.510. The molecule has 1 aliphatic heterocycles. The molecule has 0 saturated heterocycles. The Morgan fingerprint density at radius 3 is 2.93 bits per heavy atom. The molecule has 10 heteroatoms. The van der Waals surface area contributed by atoms with Crippen molar-refractivity contribution < 1.29 is 14.3 Å². The van der Waals surface area contributed by atoms with E-state index in [0.717, 1.165) is 11.1 Å². The number of nitrogens with zero attached hydrogens (tertiary/aromatic N) is 4. The molecule has 3 heterocycles. The Morgan fingerprint density at radius 1 is 1.17 bits per heavy atom. The van der Waals surface area contributed by atoms with E-state index in [0.29, 0.717) is 28.8 Å². The standard InChI is InChI=1S/C20H15ClN6O3/c21-14-4-2-1-3-13(14)9-27-10-22-20(26-27)23-19(28)16-8-15(24-25-16)12-5-6-17-18(7-12)30-11-29-17/h1-8,10H,9,11H2,(H,24,25)(H,23,26,28). The second-order valence-electron chi connectivity index (χ2n) is 6.55. The summed E-state index contributed by atoms with van der Waals surface area (Å²) in [4.78, 5) is 16.7. The van der Waals surface area contributed by atoms with Gasteiger partial charge in [-0.15, -0.1) is 5.10 Å². The molecule has 0 unspecified atom stereocenters. The molecule has 2 aromatic heterocycles. The van der Waals surface area contributed by atoms with Crippen LogP contribution in [0.25, 0.3) is 11.3 Å². The van der Waals surface area contributed by atoms with Gasteiger partial charge < -0.3 is 9.47 Å². The highest BCUT2D eigenvalue weighted by molar-refractivity contribution is 6.31. The molecule has 0 fully saturated rings. The van der Waals surface area contributed by atoms with Crippen LogP contribution in [0.1, 0.15) is 16.1 Å². The van der Waals surface area contributed by atoms with Gasteiger partial charge in [0.25, 0.3) is 5.91 Å². The van der Waals surface area contributed by atoms with Crippen LogP contribution in [-0.4, -0.2) is 37.7 Å². The maximum Gasteiger partial charge on any atom is 0.276 e. The molecule has 2 aromatic carbocycles. The maximum atomic E-state index is 12.5. The minimum atomic E-state index is -0.398. The normalized spacial score (nSPS) is 12.2. The van der Waals surface area contributed by atoms with Gasteiger partial charge in [0, 0.05) is 10.6 Å². The van der Waals surface area contributed by atoms with Crippen LogP contribution in [0.3, 0.4) is 0 Å². The monoisotopic (exact) mass is 422 g/mol. The van der Waals surface area contributed by atoms with Crippen molar-refractivity contribution >= 4 is 23.5 Å². The lowest BCUT2D eigenvalue weighted by atomic mass is 10.1. The molecule has 0 aliphatic carbocycles. The zero-order valence-corrected chi connectivity index (χ0v) is 16.3. The fraction of sp³-hybridized carbons (Fsp3) is 0.100. The fourth-order valence-electron chi connectivity index (χ4n) is 3.04. The summed E-state index contributed by atoms with van der Waals surface area (Å²) in [5.41, 5.74) is 2.60. The third kappa shape index (κ3) is 3.58. The molecule has 0 saturated carbocycles. The molecule has 150 valence electrons. The Morgan fingerprint density at radius 2 is 2.03 bits per heavy atom. The zero-order valence-electron chi connectivity index (χ0n) is 15.5. The number of carbonyl (C=O) groups excluding carboxylic acids is 1. The van der Waals surface area contributed by atoms with Crippen LogP contribution >= 0.6 is 11.6 Å². The number of rotatable bonds is 5. The first-order valence-corrected chi connectivity index (χ1v) is 9.43. The average Bonchev–Trinajstić information content (AvgIpc) is 3.50. The van der Waals surface area contributed by atoms with Crippen LogP contribution in [0.15, 0.2) is 54.9 Å². The number of halogens is 1. The number of aromatic nitrogens is 5. The van der Waals surface area contributed by atoms with E-state index in [4.69, 9.17) is 21.1 Å². The van der Waals surface area contributed by atoms with Gasteiger partial charge in [0.15, 0.2) is 11.5 Å². The summed E-state index contributed by atoms with van der Waals surface area (Å²) in [6.07, 6.45) is 1.53. The minimum Gasteiger partial charge on any atom is -0.454 e. The maximum absolute atomic E-state index is 12.5. The van der Waals surface area contributed by atoms with Crippen LogP contribution in [-0.2, 0) is 6.54 Å². The van der Waals surface area contributed by atoms with E-state index in [1.54, 1.807) is 10.7 Å². The van der Waals surface area contributed by atoms with Crippen molar-refractivity contribution in [3.05, 3.63) is 71.1 Å². The molecule has 30 heavy (non-hydrogen) atoms. The Balaban J connectivity index is 1.27. The molecule has 0 bridgehead atoms. The molecule has 1 aliphatic rings. The number of hydrogen-bond donors (Lipinski definition) is 2. The van der Waals surface area contributed by atoms with Crippen molar-refractivity contribution in [2.24, 2.45) is 0 Å². The molecule has 2 N–H and O–H groups in total. The van der Waals surface area contributed by atoms with Crippen molar-refractivity contribution in [3.8, 4) is 22.8 Å². The molecular formula is C20H15ClN6O3. The number of hydrogen-bond acceptors (Lipinski definition) is 6. The second kappa shape index (κ2) is 7.53. The highest BCUT2D eigenvalue weighted by atomic mass is 35.5. The minimum absolute atomic E-state index is 0.186. The number of H-pyrrole nitrogens is 1. The number of ether oxygens (including phenoxy) is 2. The van der Waals surface area contributed by atoms with Crippen LogP contribution < -0.4 is 14.8 Å². The molecule has 0 spiro atoms. The Kier molecular flexibility index (Phi) is 4.56. The van der Waals surface area contributed by atoms with Gasteiger partial charge in [-0.05, 0) is 35.9 Å². The Labute approximate surface area is 175 Å². The number of aromatic amines is 1. The third-order valence-corrected chi connectivity index (χ3v) is 4.91. The second-order valence-corrected chi connectivity index (χ2v) is 6.95. The summed E-state index contributed by atoms with van der Waals surface area (Å²) in [6.45, 7) is 0.643. The van der Waals surface area contributed by atoms with Gasteiger partial charge >= 0.3 is 0 Å². The van der Waals surface area contributed by atoms with Gasteiger partial charge in [-0.3, -0.25) is 15.2 Å². The number of anilines is 1. The number of benzene rings is 2. The van der Waals surface area contributed by atoms with Crippen molar-refractivity contribution in [1.29, 1.82) is 0 Å².